The Morgan fingerprint density at radius 3 is 1.33 bits per heavy atom. The Balaban J connectivity index is 1.31. The van der Waals surface area contributed by atoms with Gasteiger partial charge in [0.05, 0.1) is 10.3 Å². The van der Waals surface area contributed by atoms with Gasteiger partial charge in [0.15, 0.2) is 0 Å². The fourth-order valence-corrected chi connectivity index (χ4v) is 8.83. The lowest BCUT2D eigenvalue weighted by Gasteiger charge is -2.41. The average Bonchev–Trinajstić information content (AvgIpc) is 3.66. The minimum Gasteiger partial charge on any atom is -0.315 e. The van der Waals surface area contributed by atoms with Gasteiger partial charge in [0.25, 0.3) is 0 Å². The second-order valence-electron chi connectivity index (χ2n) is 13.0. The number of benzene rings is 7. The Morgan fingerprint density at radius 1 is 0.537 bits per heavy atom. The van der Waals surface area contributed by atoms with E-state index in [0.717, 1.165) is 33.4 Å². The molecule has 54 heavy (non-hydrogen) atoms. The minimum absolute atomic E-state index is 0.318. The van der Waals surface area contributed by atoms with Crippen molar-refractivity contribution in [1.29, 1.82) is 0 Å². The maximum Gasteiger partial charge on any atom is 0.352 e. The highest BCUT2D eigenvalue weighted by molar-refractivity contribution is 8.00. The van der Waals surface area contributed by atoms with E-state index in [1.165, 1.54) is 4.85 Å². The molecular weight excluding hydrogens is 685 g/mol. The van der Waals surface area contributed by atoms with Gasteiger partial charge in [-0.1, -0.05) is 199 Å². The van der Waals surface area contributed by atoms with Crippen LogP contribution in [0.1, 0.15) is 33.4 Å². The number of rotatable bonds is 13. The van der Waals surface area contributed by atoms with E-state index >= 15 is 0 Å². The molecule has 0 unspecified atom stereocenters. The molecule has 0 fully saturated rings. The van der Waals surface area contributed by atoms with Gasteiger partial charge in [-0.2, -0.15) is 0 Å². The number of carbonyl (C=O) groups is 1. The molecule has 1 aromatic heterocycles. The third kappa shape index (κ3) is 6.71. The first kappa shape index (κ1) is 34.8. The third-order valence-electron chi connectivity index (χ3n) is 9.80. The van der Waals surface area contributed by atoms with Crippen molar-refractivity contribution in [3.05, 3.63) is 240 Å². The van der Waals surface area contributed by atoms with Crippen molar-refractivity contribution in [2.24, 2.45) is 0 Å². The van der Waals surface area contributed by atoms with Gasteiger partial charge < -0.3 is 4.84 Å². The van der Waals surface area contributed by atoms with E-state index in [1.54, 1.807) is 11.8 Å². The van der Waals surface area contributed by atoms with Gasteiger partial charge in [-0.3, -0.25) is 5.32 Å². The minimum atomic E-state index is -0.951. The van der Waals surface area contributed by atoms with Crippen molar-refractivity contribution in [3.63, 3.8) is 0 Å². The molecule has 0 spiro atoms. The summed E-state index contributed by atoms with van der Waals surface area (Å²) in [6.45, 7) is 0. The second kappa shape index (κ2) is 15.8. The lowest BCUT2D eigenvalue weighted by Crippen LogP contribution is -2.55. The summed E-state index contributed by atoms with van der Waals surface area (Å²) < 4.78 is -0.682. The zero-order chi connectivity index (χ0) is 36.6. The van der Waals surface area contributed by atoms with E-state index in [2.05, 4.69) is 125 Å². The number of fused-ring (bicyclic) bond motifs is 1. The Bertz CT molecular complexity index is 2220. The van der Waals surface area contributed by atoms with Crippen molar-refractivity contribution in [3.8, 4) is 0 Å². The first-order valence-electron chi connectivity index (χ1n) is 18.0. The summed E-state index contributed by atoms with van der Waals surface area (Å²) in [7, 11) is 0. The van der Waals surface area contributed by atoms with Gasteiger partial charge >= 0.3 is 5.97 Å². The van der Waals surface area contributed by atoms with Crippen LogP contribution in [0.5, 0.6) is 0 Å². The second-order valence-corrected chi connectivity index (χ2v) is 14.2. The van der Waals surface area contributed by atoms with E-state index < -0.39 is 22.3 Å². The standard InChI is InChI=1S/C47H38N4O2S/c52-45(53-51-44-34-20-19-33-42(44)49-50-51)43(48-46(36-21-7-1-8-22-36,37-23-9-2-10-24-37)38-25-11-3-12-26-38)35-54-47(39-27-13-4-14-28-39,40-29-15-5-16-30-40)41-31-17-6-18-32-41/h1-34,43,48H,35H2/t43-/m0/s1. The first-order chi connectivity index (χ1) is 26.7. The van der Waals surface area contributed by atoms with E-state index in [1.807, 2.05) is 97.1 Å². The molecular formula is C47H38N4O2S. The van der Waals surface area contributed by atoms with Crippen LogP contribution in [0, 0.1) is 0 Å². The van der Waals surface area contributed by atoms with E-state index in [-0.39, 0.29) is 0 Å². The first-order valence-corrected chi connectivity index (χ1v) is 18.9. The number of hydrogen-bond acceptors (Lipinski definition) is 6. The molecule has 1 N–H and O–H groups in total. The molecule has 0 aliphatic heterocycles. The Hall–Kier alpha value is -6.28. The van der Waals surface area contributed by atoms with Crippen LogP contribution in [-0.2, 0) is 15.1 Å². The quantitative estimate of drug-likeness (QED) is 0.0947. The highest BCUT2D eigenvalue weighted by Crippen LogP contribution is 2.49. The predicted octanol–water partition coefficient (Wildman–Crippen LogP) is 9.06. The Kier molecular flexibility index (Phi) is 10.2. The Labute approximate surface area is 319 Å². The topological polar surface area (TPSA) is 69.0 Å². The maximum atomic E-state index is 15.0. The largest absolute Gasteiger partial charge is 0.352 e. The van der Waals surface area contributed by atoms with Gasteiger partial charge in [-0.05, 0) is 50.7 Å². The molecule has 0 saturated carbocycles. The van der Waals surface area contributed by atoms with Crippen LogP contribution in [0.15, 0.2) is 206 Å². The summed E-state index contributed by atoms with van der Waals surface area (Å²) in [6.07, 6.45) is 0. The molecule has 0 radical (unpaired) electrons. The molecule has 7 aromatic carbocycles. The molecule has 8 rings (SSSR count). The molecule has 0 aliphatic carbocycles. The molecule has 0 amide bonds. The smallest absolute Gasteiger partial charge is 0.315 e. The van der Waals surface area contributed by atoms with Gasteiger partial charge in [0, 0.05) is 5.75 Å². The van der Waals surface area contributed by atoms with Crippen LogP contribution in [0.3, 0.4) is 0 Å². The van der Waals surface area contributed by atoms with Gasteiger partial charge in [0.1, 0.15) is 17.1 Å². The van der Waals surface area contributed by atoms with Crippen molar-refractivity contribution in [1.82, 2.24) is 20.5 Å². The summed E-state index contributed by atoms with van der Waals surface area (Å²) in [5.41, 5.74) is 6.53. The molecule has 7 heteroatoms. The lowest BCUT2D eigenvalue weighted by molar-refractivity contribution is -0.147. The molecule has 0 aliphatic rings. The van der Waals surface area contributed by atoms with E-state index in [9.17, 15) is 4.79 Å². The average molecular weight is 723 g/mol. The zero-order valence-electron chi connectivity index (χ0n) is 29.5. The van der Waals surface area contributed by atoms with Crippen molar-refractivity contribution in [2.45, 2.75) is 16.3 Å². The number of hydrogen-bond donors (Lipinski definition) is 1. The summed E-state index contributed by atoms with van der Waals surface area (Å²) >= 11 is 1.70. The highest BCUT2D eigenvalue weighted by Gasteiger charge is 2.43. The van der Waals surface area contributed by atoms with Crippen LogP contribution < -0.4 is 10.2 Å². The fraction of sp³-hybridized carbons (Fsp3) is 0.0851. The molecule has 264 valence electrons. The molecule has 1 atom stereocenters. The van der Waals surface area contributed by atoms with Gasteiger partial charge in [0.2, 0.25) is 0 Å². The molecule has 1 heterocycles. The summed E-state index contributed by atoms with van der Waals surface area (Å²) in [5, 5.41) is 12.4. The summed E-state index contributed by atoms with van der Waals surface area (Å²) in [4.78, 5) is 22.4. The normalized spacial score (nSPS) is 12.3. The SMILES string of the molecule is O=C(On1nnc2ccccc21)[C@H](CSC(c1ccccc1)(c1ccccc1)c1ccccc1)NC(c1ccccc1)(c1ccccc1)c1ccccc1. The van der Waals surface area contributed by atoms with Gasteiger partial charge in [-0.25, -0.2) is 4.79 Å². The van der Waals surface area contributed by atoms with Crippen LogP contribution in [-0.4, -0.2) is 32.9 Å². The van der Waals surface area contributed by atoms with Crippen molar-refractivity contribution < 1.29 is 9.63 Å². The van der Waals surface area contributed by atoms with Crippen LogP contribution >= 0.6 is 11.8 Å². The number of carbonyl (C=O) groups excluding carboxylic acids is 1. The van der Waals surface area contributed by atoms with E-state index in [0.29, 0.717) is 16.8 Å². The van der Waals surface area contributed by atoms with Gasteiger partial charge in [-0.15, -0.1) is 16.9 Å². The fourth-order valence-electron chi connectivity index (χ4n) is 7.29. The van der Waals surface area contributed by atoms with Crippen molar-refractivity contribution >= 4 is 28.8 Å². The zero-order valence-corrected chi connectivity index (χ0v) is 30.3. The summed E-state index contributed by atoms with van der Waals surface area (Å²) in [5.74, 6) is -0.174. The van der Waals surface area contributed by atoms with E-state index in [4.69, 9.17) is 4.84 Å². The number of nitrogens with zero attached hydrogens (tertiary/aromatic N) is 3. The third-order valence-corrected chi connectivity index (χ3v) is 11.4. The molecule has 0 bridgehead atoms. The number of thioether (sulfide) groups is 1. The molecule has 8 aromatic rings. The monoisotopic (exact) mass is 722 g/mol. The number of para-hydroxylation sites is 1. The molecule has 0 saturated heterocycles. The van der Waals surface area contributed by atoms with Crippen molar-refractivity contribution in [2.75, 3.05) is 5.75 Å². The van der Waals surface area contributed by atoms with Crippen LogP contribution in [0.4, 0.5) is 0 Å². The number of aromatic nitrogens is 3. The lowest BCUT2D eigenvalue weighted by atomic mass is 9.76. The van der Waals surface area contributed by atoms with Crippen LogP contribution in [0.25, 0.3) is 11.0 Å². The Morgan fingerprint density at radius 2 is 0.907 bits per heavy atom. The summed E-state index contributed by atoms with van der Waals surface area (Å²) in [6, 6.07) is 69.0. The maximum absolute atomic E-state index is 15.0. The number of nitrogens with one attached hydrogen (secondary N) is 1. The predicted molar refractivity (Wildman–Crippen MR) is 217 cm³/mol. The molecule has 6 nitrogen and oxygen atoms in total. The highest BCUT2D eigenvalue weighted by atomic mass is 32.2. The van der Waals surface area contributed by atoms with Crippen LogP contribution in [0.2, 0.25) is 0 Å².